The minimum atomic E-state index is 0.395. The van der Waals surface area contributed by atoms with Gasteiger partial charge in [0, 0.05) is 5.75 Å². The highest BCUT2D eigenvalue weighted by Crippen LogP contribution is 2.25. The third kappa shape index (κ3) is 1.75. The van der Waals surface area contributed by atoms with Gasteiger partial charge in [-0.3, -0.25) is 4.99 Å². The summed E-state index contributed by atoms with van der Waals surface area (Å²) in [6, 6.07) is 0.395. The fourth-order valence-electron chi connectivity index (χ4n) is 1.12. The number of aliphatic imine (C=N–C) groups is 1. The molecule has 0 bridgehead atoms. The lowest BCUT2D eigenvalue weighted by Crippen LogP contribution is -2.11. The molecule has 5 heteroatoms. The Bertz CT molecular complexity index is 307. The van der Waals surface area contributed by atoms with Crippen LogP contribution in [0.25, 0.3) is 0 Å². The molecule has 1 aromatic heterocycles. The lowest BCUT2D eigenvalue weighted by Gasteiger charge is -2.07. The second-order valence-corrected chi connectivity index (χ2v) is 4.31. The second kappa shape index (κ2) is 3.49. The van der Waals surface area contributed by atoms with Crippen LogP contribution in [0.4, 0.5) is 0 Å². The van der Waals surface area contributed by atoms with Crippen molar-refractivity contribution in [3.63, 3.8) is 0 Å². The third-order valence-corrected chi connectivity index (χ3v) is 3.05. The van der Waals surface area contributed by atoms with Gasteiger partial charge in [-0.2, -0.15) is 4.98 Å². The Morgan fingerprint density at radius 3 is 3.00 bits per heavy atom. The van der Waals surface area contributed by atoms with E-state index in [0.717, 1.165) is 10.8 Å². The smallest absolute Gasteiger partial charge is 0.282 e. The van der Waals surface area contributed by atoms with Gasteiger partial charge in [-0.25, -0.2) is 0 Å². The molecule has 1 atom stereocenters. The molecule has 1 aliphatic heterocycles. The van der Waals surface area contributed by atoms with Gasteiger partial charge in [0.2, 0.25) is 0 Å². The second-order valence-electron chi connectivity index (χ2n) is 3.30. The number of thioether (sulfide) groups is 1. The first-order chi connectivity index (χ1) is 6.27. The van der Waals surface area contributed by atoms with Crippen LogP contribution in [0.3, 0.4) is 0 Å². The van der Waals surface area contributed by atoms with E-state index in [4.69, 9.17) is 4.52 Å². The van der Waals surface area contributed by atoms with Gasteiger partial charge in [-0.05, 0) is 5.92 Å². The van der Waals surface area contributed by atoms with Crippen molar-refractivity contribution in [2.45, 2.75) is 19.9 Å². The van der Waals surface area contributed by atoms with Gasteiger partial charge in [0.05, 0.1) is 6.04 Å². The van der Waals surface area contributed by atoms with E-state index in [0.29, 0.717) is 17.9 Å². The summed E-state index contributed by atoms with van der Waals surface area (Å²) in [5, 5.41) is 4.44. The van der Waals surface area contributed by atoms with E-state index in [9.17, 15) is 0 Å². The van der Waals surface area contributed by atoms with Crippen molar-refractivity contribution < 1.29 is 4.52 Å². The molecule has 0 aromatic carbocycles. The third-order valence-electron chi connectivity index (χ3n) is 1.99. The van der Waals surface area contributed by atoms with E-state index in [2.05, 4.69) is 29.0 Å². The van der Waals surface area contributed by atoms with Crippen LogP contribution in [-0.4, -0.2) is 27.0 Å². The molecule has 0 aliphatic carbocycles. The predicted octanol–water partition coefficient (Wildman–Crippen LogP) is 1.59. The first kappa shape index (κ1) is 8.74. The minimum absolute atomic E-state index is 0.395. The zero-order valence-electron chi connectivity index (χ0n) is 7.60. The Morgan fingerprint density at radius 1 is 1.62 bits per heavy atom. The Kier molecular flexibility index (Phi) is 2.35. The first-order valence-corrected chi connectivity index (χ1v) is 5.23. The maximum absolute atomic E-state index is 4.93. The summed E-state index contributed by atoms with van der Waals surface area (Å²) in [5.74, 6) is 2.15. The van der Waals surface area contributed by atoms with Crippen LogP contribution in [-0.2, 0) is 0 Å². The molecule has 0 saturated carbocycles. The average molecular weight is 197 g/mol. The van der Waals surface area contributed by atoms with E-state index in [1.54, 1.807) is 11.8 Å². The van der Waals surface area contributed by atoms with Gasteiger partial charge in [-0.1, -0.05) is 30.8 Å². The Balaban J connectivity index is 2.15. The summed E-state index contributed by atoms with van der Waals surface area (Å²) in [4.78, 5) is 8.48. The minimum Gasteiger partial charge on any atom is -0.332 e. The van der Waals surface area contributed by atoms with Crippen LogP contribution in [0.5, 0.6) is 0 Å². The zero-order chi connectivity index (χ0) is 9.26. The summed E-state index contributed by atoms with van der Waals surface area (Å²) in [5.41, 5.74) is 0. The number of hydrogen-bond donors (Lipinski definition) is 0. The van der Waals surface area contributed by atoms with Crippen molar-refractivity contribution in [3.05, 3.63) is 12.2 Å². The predicted molar refractivity (Wildman–Crippen MR) is 51.9 cm³/mol. The molecule has 2 rings (SSSR count). The molecular formula is C8H11N3OS. The Morgan fingerprint density at radius 2 is 2.46 bits per heavy atom. The van der Waals surface area contributed by atoms with Gasteiger partial charge < -0.3 is 4.52 Å². The molecule has 1 aromatic rings. The largest absolute Gasteiger partial charge is 0.332 e. The van der Waals surface area contributed by atoms with Crippen LogP contribution in [0.15, 0.2) is 15.8 Å². The number of hydrogen-bond acceptors (Lipinski definition) is 5. The standard InChI is InChI=1S/C8H11N3OS/c1-5(2)6-3-13-8(11-6)7-9-4-10-12-7/h4-6H,3H2,1-2H3. The molecule has 0 amide bonds. The monoisotopic (exact) mass is 197 g/mol. The lowest BCUT2D eigenvalue weighted by atomic mass is 10.1. The summed E-state index contributed by atoms with van der Waals surface area (Å²) < 4.78 is 4.93. The highest BCUT2D eigenvalue weighted by Gasteiger charge is 2.24. The van der Waals surface area contributed by atoms with Crippen LogP contribution in [0.2, 0.25) is 0 Å². The summed E-state index contributed by atoms with van der Waals surface area (Å²) in [6.07, 6.45) is 1.40. The van der Waals surface area contributed by atoms with E-state index >= 15 is 0 Å². The van der Waals surface area contributed by atoms with Crippen LogP contribution in [0, 0.1) is 5.92 Å². The fraction of sp³-hybridized carbons (Fsp3) is 0.625. The molecule has 0 N–H and O–H groups in total. The number of aromatic nitrogens is 2. The van der Waals surface area contributed by atoms with Crippen LogP contribution >= 0.6 is 11.8 Å². The highest BCUT2D eigenvalue weighted by atomic mass is 32.2. The molecule has 70 valence electrons. The molecule has 0 saturated heterocycles. The normalized spacial score (nSPS) is 22.4. The average Bonchev–Trinajstić information content (AvgIpc) is 2.75. The van der Waals surface area contributed by atoms with Crippen molar-refractivity contribution in [3.8, 4) is 0 Å². The van der Waals surface area contributed by atoms with Gasteiger partial charge in [0.15, 0.2) is 11.4 Å². The topological polar surface area (TPSA) is 51.3 Å². The quantitative estimate of drug-likeness (QED) is 0.722. The van der Waals surface area contributed by atoms with E-state index in [1.807, 2.05) is 0 Å². The molecule has 2 heterocycles. The van der Waals surface area contributed by atoms with E-state index in [-0.39, 0.29) is 0 Å². The van der Waals surface area contributed by atoms with Crippen LogP contribution < -0.4 is 0 Å². The zero-order valence-corrected chi connectivity index (χ0v) is 8.41. The van der Waals surface area contributed by atoms with Crippen molar-refractivity contribution >= 4 is 16.8 Å². The first-order valence-electron chi connectivity index (χ1n) is 4.25. The van der Waals surface area contributed by atoms with Crippen molar-refractivity contribution in [1.82, 2.24) is 10.1 Å². The molecule has 13 heavy (non-hydrogen) atoms. The maximum atomic E-state index is 4.93. The molecule has 1 unspecified atom stereocenters. The van der Waals surface area contributed by atoms with Gasteiger partial charge >= 0.3 is 0 Å². The van der Waals surface area contributed by atoms with Crippen molar-refractivity contribution in [1.29, 1.82) is 0 Å². The van der Waals surface area contributed by atoms with Crippen LogP contribution in [0.1, 0.15) is 19.7 Å². The molecule has 0 radical (unpaired) electrons. The Hall–Kier alpha value is -0.840. The summed E-state index contributed by atoms with van der Waals surface area (Å²) in [6.45, 7) is 4.34. The van der Waals surface area contributed by atoms with E-state index in [1.165, 1.54) is 6.33 Å². The van der Waals surface area contributed by atoms with Crippen molar-refractivity contribution in [2.75, 3.05) is 5.75 Å². The molecule has 1 aliphatic rings. The lowest BCUT2D eigenvalue weighted by molar-refractivity contribution is 0.410. The molecule has 4 nitrogen and oxygen atoms in total. The summed E-state index contributed by atoms with van der Waals surface area (Å²) >= 11 is 1.69. The maximum Gasteiger partial charge on any atom is 0.282 e. The molecule has 0 fully saturated rings. The van der Waals surface area contributed by atoms with Gasteiger partial charge in [-0.15, -0.1) is 0 Å². The number of nitrogens with zero attached hydrogens (tertiary/aromatic N) is 3. The van der Waals surface area contributed by atoms with Gasteiger partial charge in [0.25, 0.3) is 5.89 Å². The van der Waals surface area contributed by atoms with Crippen molar-refractivity contribution in [2.24, 2.45) is 10.9 Å². The molecular weight excluding hydrogens is 186 g/mol. The molecule has 0 spiro atoms. The highest BCUT2D eigenvalue weighted by molar-refractivity contribution is 8.14. The SMILES string of the molecule is CC(C)C1CSC(c2ncno2)=N1. The summed E-state index contributed by atoms with van der Waals surface area (Å²) in [7, 11) is 0. The van der Waals surface area contributed by atoms with Gasteiger partial charge in [0.1, 0.15) is 0 Å². The van der Waals surface area contributed by atoms with E-state index < -0.39 is 0 Å². The number of rotatable bonds is 2. The fourth-order valence-corrected chi connectivity index (χ4v) is 2.33. The Labute approximate surface area is 80.8 Å².